The zero-order valence-electron chi connectivity index (χ0n) is 28.0. The smallest absolute Gasteiger partial charge is 0.423 e. The molecule has 0 saturated heterocycles. The predicted octanol–water partition coefficient (Wildman–Crippen LogP) is 11.1. The van der Waals surface area contributed by atoms with Gasteiger partial charge in [-0.05, 0) is 47.6 Å². The third-order valence-electron chi connectivity index (χ3n) is 8.29. The summed E-state index contributed by atoms with van der Waals surface area (Å²) in [6, 6.07) is 2.25. The van der Waals surface area contributed by atoms with Crippen LogP contribution < -0.4 is 9.47 Å². The third-order valence-corrected chi connectivity index (χ3v) is 10.4. The van der Waals surface area contributed by atoms with E-state index in [0.717, 1.165) is 25.0 Å². The molecule has 0 aliphatic heterocycles. The average molecular weight is 789 g/mol. The number of hydrogen-bond donors (Lipinski definition) is 0. The second kappa shape index (κ2) is 18.9. The van der Waals surface area contributed by atoms with E-state index in [0.29, 0.717) is 11.8 Å². The highest BCUT2D eigenvalue weighted by Crippen LogP contribution is 2.42. The molecule has 0 aromatic heterocycles. The maximum absolute atomic E-state index is 13.2. The summed E-state index contributed by atoms with van der Waals surface area (Å²) in [7, 11) is 0. The molecule has 2 rings (SSSR count). The van der Waals surface area contributed by atoms with Crippen molar-refractivity contribution in [3.8, 4) is 11.5 Å². The lowest BCUT2D eigenvalue weighted by molar-refractivity contribution is -0.156. The Morgan fingerprint density at radius 2 is 0.875 bits per heavy atom. The Balaban J connectivity index is 2.37. The number of hydrogen-bond acceptors (Lipinski definition) is 8. The fourth-order valence-electron chi connectivity index (χ4n) is 5.86. The standard InChI is InChI=1S/C34H40Cl6O8/c1-9-19(15(3)4)17(7)13-45-31(41)25-27(39)21(35)11-23(37)29(25)47-33(43)34(44)48-30-24(38)12-22(36)28(40)26(30)32(42)46-14-18(8)20(10-2)16(5)6/h11-12,15-20H,9-10,13-14H2,1-8H3. The van der Waals surface area contributed by atoms with Gasteiger partial charge in [0.25, 0.3) is 0 Å². The van der Waals surface area contributed by atoms with Crippen molar-refractivity contribution in [3.63, 3.8) is 0 Å². The maximum Gasteiger partial charge on any atom is 0.423 e. The molecule has 4 atom stereocenters. The molecule has 0 spiro atoms. The van der Waals surface area contributed by atoms with Crippen molar-refractivity contribution >= 4 is 93.5 Å². The van der Waals surface area contributed by atoms with Crippen LogP contribution in [-0.4, -0.2) is 37.1 Å². The van der Waals surface area contributed by atoms with Crippen molar-refractivity contribution in [2.45, 2.75) is 68.2 Å². The maximum atomic E-state index is 13.2. The summed E-state index contributed by atoms with van der Waals surface area (Å²) >= 11 is 37.5. The van der Waals surface area contributed by atoms with Gasteiger partial charge >= 0.3 is 23.9 Å². The normalized spacial score (nSPS) is 13.9. The SMILES string of the molecule is CCC(C(C)C)C(C)COC(=O)c1c(Cl)c(Cl)cc(Cl)c1OC(=O)C(=O)Oc1c(Cl)cc(Cl)c(Cl)c1C(=O)OCC(C)C(CC)C(C)C. The molecular formula is C34H40Cl6O8. The van der Waals surface area contributed by atoms with Crippen LogP contribution in [0.25, 0.3) is 0 Å². The van der Waals surface area contributed by atoms with Crippen LogP contribution in [0.1, 0.15) is 88.9 Å². The number of rotatable bonds is 14. The lowest BCUT2D eigenvalue weighted by Crippen LogP contribution is -2.28. The topological polar surface area (TPSA) is 105 Å². The molecule has 0 N–H and O–H groups in total. The molecule has 48 heavy (non-hydrogen) atoms. The van der Waals surface area contributed by atoms with Gasteiger partial charge in [-0.25, -0.2) is 19.2 Å². The van der Waals surface area contributed by atoms with Gasteiger partial charge < -0.3 is 18.9 Å². The Labute approximate surface area is 311 Å². The molecule has 14 heteroatoms. The van der Waals surface area contributed by atoms with Crippen LogP contribution in [-0.2, 0) is 19.1 Å². The van der Waals surface area contributed by atoms with Crippen molar-refractivity contribution in [1.29, 1.82) is 0 Å². The molecule has 0 saturated carbocycles. The minimum atomic E-state index is -1.65. The van der Waals surface area contributed by atoms with E-state index in [9.17, 15) is 19.2 Å². The fraction of sp³-hybridized carbons (Fsp3) is 0.529. The van der Waals surface area contributed by atoms with Crippen LogP contribution in [0.4, 0.5) is 0 Å². The Hall–Kier alpha value is -1.94. The van der Waals surface area contributed by atoms with E-state index in [2.05, 4.69) is 27.7 Å². The van der Waals surface area contributed by atoms with Crippen LogP contribution in [0.15, 0.2) is 12.1 Å². The largest absolute Gasteiger partial charge is 0.462 e. The van der Waals surface area contributed by atoms with E-state index >= 15 is 0 Å². The number of carbonyl (C=O) groups excluding carboxylic acids is 4. The summed E-state index contributed by atoms with van der Waals surface area (Å²) in [4.78, 5) is 52.5. The highest BCUT2D eigenvalue weighted by Gasteiger charge is 2.33. The van der Waals surface area contributed by atoms with Gasteiger partial charge in [0, 0.05) is 0 Å². The first kappa shape index (κ1) is 42.2. The van der Waals surface area contributed by atoms with Crippen molar-refractivity contribution in [2.24, 2.45) is 35.5 Å². The van der Waals surface area contributed by atoms with E-state index < -0.39 is 46.5 Å². The van der Waals surface area contributed by atoms with E-state index in [4.69, 9.17) is 88.6 Å². The summed E-state index contributed by atoms with van der Waals surface area (Å²) in [6.45, 7) is 16.3. The lowest BCUT2D eigenvalue weighted by atomic mass is 9.83. The number of benzene rings is 2. The molecule has 0 bridgehead atoms. The molecule has 0 heterocycles. The van der Waals surface area contributed by atoms with E-state index in [1.165, 1.54) is 0 Å². The average Bonchev–Trinajstić information content (AvgIpc) is 3.00. The Morgan fingerprint density at radius 1 is 0.562 bits per heavy atom. The molecule has 4 unspecified atom stereocenters. The lowest BCUT2D eigenvalue weighted by Gasteiger charge is -2.26. The Morgan fingerprint density at radius 3 is 1.15 bits per heavy atom. The minimum Gasteiger partial charge on any atom is -0.462 e. The van der Waals surface area contributed by atoms with Crippen molar-refractivity contribution in [1.82, 2.24) is 0 Å². The molecule has 2 aromatic rings. The molecule has 0 amide bonds. The highest BCUT2D eigenvalue weighted by atomic mass is 35.5. The van der Waals surface area contributed by atoms with E-state index in [1.807, 2.05) is 27.7 Å². The highest BCUT2D eigenvalue weighted by molar-refractivity contribution is 6.47. The van der Waals surface area contributed by atoms with E-state index in [1.54, 1.807) is 0 Å². The second-order valence-corrected chi connectivity index (χ2v) is 14.7. The van der Waals surface area contributed by atoms with Gasteiger partial charge in [-0.2, -0.15) is 0 Å². The zero-order chi connectivity index (χ0) is 36.6. The minimum absolute atomic E-state index is 0.0170. The van der Waals surface area contributed by atoms with E-state index in [-0.39, 0.29) is 67.0 Å². The summed E-state index contributed by atoms with van der Waals surface area (Å²) in [6.07, 6.45) is 1.73. The second-order valence-electron chi connectivity index (χ2n) is 12.3. The number of ether oxygens (including phenoxy) is 4. The molecule has 2 aromatic carbocycles. The number of carbonyl (C=O) groups is 4. The van der Waals surface area contributed by atoms with Crippen molar-refractivity contribution in [2.75, 3.05) is 13.2 Å². The van der Waals surface area contributed by atoms with Gasteiger partial charge in [-0.1, -0.05) is 138 Å². The summed E-state index contributed by atoms with van der Waals surface area (Å²) in [5.74, 6) is -5.30. The van der Waals surface area contributed by atoms with Crippen molar-refractivity contribution in [3.05, 3.63) is 53.4 Å². The van der Waals surface area contributed by atoms with Gasteiger partial charge in [0.2, 0.25) is 0 Å². The third kappa shape index (κ3) is 10.5. The van der Waals surface area contributed by atoms with Gasteiger partial charge in [-0.15, -0.1) is 0 Å². The Kier molecular flexibility index (Phi) is 16.6. The van der Waals surface area contributed by atoms with Crippen LogP contribution in [0.2, 0.25) is 30.1 Å². The predicted molar refractivity (Wildman–Crippen MR) is 190 cm³/mol. The number of esters is 4. The van der Waals surface area contributed by atoms with Gasteiger partial charge in [0.05, 0.1) is 43.3 Å². The molecule has 8 nitrogen and oxygen atoms in total. The molecule has 0 aliphatic rings. The zero-order valence-corrected chi connectivity index (χ0v) is 32.5. The first-order valence-electron chi connectivity index (χ1n) is 15.5. The van der Waals surface area contributed by atoms with Crippen LogP contribution in [0.3, 0.4) is 0 Å². The number of halogens is 6. The molecule has 0 aliphatic carbocycles. The summed E-state index contributed by atoms with van der Waals surface area (Å²) in [5, 5.41) is -1.54. The molecular weight excluding hydrogens is 749 g/mol. The Bertz CT molecular complexity index is 1400. The molecule has 0 radical (unpaired) electrons. The van der Waals surface area contributed by atoms with Gasteiger partial charge in [-0.3, -0.25) is 0 Å². The first-order chi connectivity index (χ1) is 22.4. The van der Waals surface area contributed by atoms with Crippen LogP contribution in [0, 0.1) is 35.5 Å². The summed E-state index contributed by atoms with van der Waals surface area (Å²) in [5.41, 5.74) is -0.948. The first-order valence-corrected chi connectivity index (χ1v) is 17.8. The van der Waals surface area contributed by atoms with Crippen LogP contribution in [0.5, 0.6) is 11.5 Å². The van der Waals surface area contributed by atoms with Crippen molar-refractivity contribution < 1.29 is 38.1 Å². The van der Waals surface area contributed by atoms with Gasteiger partial charge in [0.15, 0.2) is 11.5 Å². The fourth-order valence-corrected chi connectivity index (χ4v) is 7.30. The molecule has 0 fully saturated rings. The monoisotopic (exact) mass is 786 g/mol. The quantitative estimate of drug-likeness (QED) is 0.0806. The van der Waals surface area contributed by atoms with Crippen LogP contribution >= 0.6 is 69.6 Å². The molecule has 266 valence electrons. The summed E-state index contributed by atoms with van der Waals surface area (Å²) < 4.78 is 21.4. The van der Waals surface area contributed by atoms with Gasteiger partial charge in [0.1, 0.15) is 11.1 Å².